The number of unbranched alkanes of at least 4 members (excludes halogenated alkanes) is 2. The summed E-state index contributed by atoms with van der Waals surface area (Å²) in [4.78, 5) is 0. The zero-order valence-electron chi connectivity index (χ0n) is 18.2. The molecule has 0 N–H and O–H groups in total. The first-order valence-electron chi connectivity index (χ1n) is 12.2. The summed E-state index contributed by atoms with van der Waals surface area (Å²) in [6, 6.07) is 0. The number of fused-ring (bicyclic) bond motifs is 5. The summed E-state index contributed by atoms with van der Waals surface area (Å²) < 4.78 is 0. The number of allylic oxidation sites excluding steroid dienone is 2. The molecule has 0 saturated heterocycles. The van der Waals surface area contributed by atoms with Crippen LogP contribution < -0.4 is 0 Å². The van der Waals surface area contributed by atoms with Crippen molar-refractivity contribution >= 4 is 0 Å². The minimum absolute atomic E-state index is 0.577. The molecule has 0 aromatic heterocycles. The molecule has 0 unspecified atom stereocenters. The SMILES string of the molecule is CCCCC[C@@H](C)[C@H]1CC[C@H]2[C@@H]3CC=C4CCCC[C@]4(C)[C@H]3CC[C@]12C. The van der Waals surface area contributed by atoms with E-state index in [4.69, 9.17) is 0 Å². The Morgan fingerprint density at radius 2 is 1.88 bits per heavy atom. The molecule has 4 aliphatic rings. The second-order valence-electron chi connectivity index (χ2n) is 11.2. The minimum Gasteiger partial charge on any atom is -0.0845 e. The van der Waals surface area contributed by atoms with Crippen molar-refractivity contribution in [2.75, 3.05) is 0 Å². The van der Waals surface area contributed by atoms with Gasteiger partial charge in [-0.1, -0.05) is 71.4 Å². The Kier molecular flexibility index (Phi) is 5.35. The Morgan fingerprint density at radius 3 is 2.69 bits per heavy atom. The highest BCUT2D eigenvalue weighted by Gasteiger charge is 2.58. The Labute approximate surface area is 163 Å². The van der Waals surface area contributed by atoms with Crippen molar-refractivity contribution in [2.45, 2.75) is 111 Å². The maximum Gasteiger partial charge on any atom is -0.00853 e. The zero-order valence-corrected chi connectivity index (χ0v) is 18.2. The number of rotatable bonds is 5. The quantitative estimate of drug-likeness (QED) is 0.344. The molecule has 0 aliphatic heterocycles. The van der Waals surface area contributed by atoms with Crippen LogP contribution in [0.15, 0.2) is 11.6 Å². The van der Waals surface area contributed by atoms with Gasteiger partial charge in [0.1, 0.15) is 0 Å². The first kappa shape index (κ1) is 19.1. The third-order valence-corrected chi connectivity index (χ3v) is 10.0. The Balaban J connectivity index is 1.52. The van der Waals surface area contributed by atoms with Gasteiger partial charge in [-0.25, -0.2) is 0 Å². The smallest absolute Gasteiger partial charge is 0.00853 e. The van der Waals surface area contributed by atoms with Crippen LogP contribution in [0.5, 0.6) is 0 Å². The molecule has 4 rings (SSSR count). The molecule has 0 spiro atoms. The molecule has 7 atom stereocenters. The molecule has 0 heteroatoms. The van der Waals surface area contributed by atoms with Crippen LogP contribution in [0.3, 0.4) is 0 Å². The molecule has 0 bridgehead atoms. The van der Waals surface area contributed by atoms with E-state index in [9.17, 15) is 0 Å². The molecule has 4 aliphatic carbocycles. The molecule has 0 nitrogen and oxygen atoms in total. The van der Waals surface area contributed by atoms with Crippen LogP contribution >= 0.6 is 0 Å². The molecular weight excluding hydrogens is 312 g/mol. The fourth-order valence-electron chi connectivity index (χ4n) is 8.59. The number of hydrogen-bond acceptors (Lipinski definition) is 0. The van der Waals surface area contributed by atoms with E-state index in [1.54, 1.807) is 6.42 Å². The van der Waals surface area contributed by atoms with Crippen molar-refractivity contribution in [1.29, 1.82) is 0 Å². The van der Waals surface area contributed by atoms with Crippen LogP contribution in [0.4, 0.5) is 0 Å². The molecule has 148 valence electrons. The van der Waals surface area contributed by atoms with Crippen LogP contribution in [0, 0.1) is 40.4 Å². The summed E-state index contributed by atoms with van der Waals surface area (Å²) in [7, 11) is 0. The van der Waals surface area contributed by atoms with Gasteiger partial charge in [-0.3, -0.25) is 0 Å². The van der Waals surface area contributed by atoms with Crippen LogP contribution in [0.25, 0.3) is 0 Å². The van der Waals surface area contributed by atoms with Crippen molar-refractivity contribution in [1.82, 2.24) is 0 Å². The fraction of sp³-hybridized carbons (Fsp3) is 0.923. The Bertz CT molecular complexity index is 530. The average Bonchev–Trinajstić information content (AvgIpc) is 2.98. The topological polar surface area (TPSA) is 0 Å². The van der Waals surface area contributed by atoms with Gasteiger partial charge in [0.05, 0.1) is 0 Å². The van der Waals surface area contributed by atoms with E-state index in [2.05, 4.69) is 33.8 Å². The van der Waals surface area contributed by atoms with Gasteiger partial charge in [-0.15, -0.1) is 0 Å². The van der Waals surface area contributed by atoms with Crippen molar-refractivity contribution < 1.29 is 0 Å². The standard InChI is InChI=1S/C26H44/c1-5-6-7-10-19(2)22-14-15-23-21-13-12-20-11-8-9-17-25(20,3)24(21)16-18-26(22,23)4/h12,19,21-24H,5-11,13-18H2,1-4H3/t19-,21+,22-,23+,24+,25+,26-/m1/s1. The summed E-state index contributed by atoms with van der Waals surface area (Å²) in [5, 5.41) is 0. The third-order valence-electron chi connectivity index (χ3n) is 10.0. The van der Waals surface area contributed by atoms with Crippen molar-refractivity contribution in [3.05, 3.63) is 11.6 Å². The van der Waals surface area contributed by atoms with E-state index >= 15 is 0 Å². The van der Waals surface area contributed by atoms with Gasteiger partial charge in [0, 0.05) is 0 Å². The van der Waals surface area contributed by atoms with E-state index in [0.717, 1.165) is 29.6 Å². The van der Waals surface area contributed by atoms with Crippen molar-refractivity contribution in [2.24, 2.45) is 40.4 Å². The second-order valence-corrected chi connectivity index (χ2v) is 11.2. The molecule has 3 fully saturated rings. The molecule has 26 heavy (non-hydrogen) atoms. The highest BCUT2D eigenvalue weighted by atomic mass is 14.6. The highest BCUT2D eigenvalue weighted by Crippen LogP contribution is 2.67. The lowest BCUT2D eigenvalue weighted by atomic mass is 9.47. The van der Waals surface area contributed by atoms with E-state index < -0.39 is 0 Å². The average molecular weight is 357 g/mol. The fourth-order valence-corrected chi connectivity index (χ4v) is 8.59. The highest BCUT2D eigenvalue weighted by molar-refractivity contribution is 5.24. The Hall–Kier alpha value is -0.260. The maximum atomic E-state index is 2.74. The van der Waals surface area contributed by atoms with E-state index in [-0.39, 0.29) is 0 Å². The summed E-state index contributed by atoms with van der Waals surface area (Å²) in [5.74, 6) is 5.00. The summed E-state index contributed by atoms with van der Waals surface area (Å²) in [6.45, 7) is 10.3. The molecule has 0 radical (unpaired) electrons. The summed E-state index contributed by atoms with van der Waals surface area (Å²) in [6.07, 6.45) is 21.9. The van der Waals surface area contributed by atoms with Crippen LogP contribution in [0.2, 0.25) is 0 Å². The Morgan fingerprint density at radius 1 is 1.04 bits per heavy atom. The van der Waals surface area contributed by atoms with Gasteiger partial charge in [-0.05, 0) is 91.8 Å². The van der Waals surface area contributed by atoms with Crippen LogP contribution in [-0.4, -0.2) is 0 Å². The van der Waals surface area contributed by atoms with Crippen molar-refractivity contribution in [3.63, 3.8) is 0 Å². The largest absolute Gasteiger partial charge is 0.0845 e. The van der Waals surface area contributed by atoms with Gasteiger partial charge in [0.25, 0.3) is 0 Å². The van der Waals surface area contributed by atoms with E-state index in [1.807, 2.05) is 5.57 Å². The molecule has 0 amide bonds. The van der Waals surface area contributed by atoms with Gasteiger partial charge in [0.2, 0.25) is 0 Å². The van der Waals surface area contributed by atoms with Gasteiger partial charge < -0.3 is 0 Å². The lowest BCUT2D eigenvalue weighted by molar-refractivity contribution is -0.0500. The summed E-state index contributed by atoms with van der Waals surface area (Å²) in [5.41, 5.74) is 3.10. The number of hydrogen-bond donors (Lipinski definition) is 0. The summed E-state index contributed by atoms with van der Waals surface area (Å²) >= 11 is 0. The lowest BCUT2D eigenvalue weighted by Gasteiger charge is -2.58. The van der Waals surface area contributed by atoms with Gasteiger partial charge in [-0.2, -0.15) is 0 Å². The van der Waals surface area contributed by atoms with Crippen molar-refractivity contribution in [3.8, 4) is 0 Å². The van der Waals surface area contributed by atoms with E-state index in [0.29, 0.717) is 10.8 Å². The molecule has 0 heterocycles. The predicted octanol–water partition coefficient (Wildman–Crippen LogP) is 8.17. The minimum atomic E-state index is 0.577. The predicted molar refractivity (Wildman–Crippen MR) is 113 cm³/mol. The van der Waals surface area contributed by atoms with Crippen LogP contribution in [-0.2, 0) is 0 Å². The molecule has 3 saturated carbocycles. The zero-order chi connectivity index (χ0) is 18.4. The normalized spacial score (nSPS) is 46.1. The van der Waals surface area contributed by atoms with E-state index in [1.165, 1.54) is 77.0 Å². The molecule has 0 aromatic rings. The molecular formula is C26H44. The van der Waals surface area contributed by atoms with Crippen LogP contribution in [0.1, 0.15) is 111 Å². The first-order valence-corrected chi connectivity index (χ1v) is 12.2. The molecule has 0 aromatic carbocycles. The second kappa shape index (κ2) is 7.29. The van der Waals surface area contributed by atoms with Gasteiger partial charge >= 0.3 is 0 Å². The lowest BCUT2D eigenvalue weighted by Crippen LogP contribution is -2.50. The van der Waals surface area contributed by atoms with Gasteiger partial charge in [0.15, 0.2) is 0 Å². The maximum absolute atomic E-state index is 2.74. The first-order chi connectivity index (χ1) is 12.5. The third kappa shape index (κ3) is 2.93. The monoisotopic (exact) mass is 356 g/mol.